The molecule has 0 aromatic heterocycles. The van der Waals surface area contributed by atoms with Gasteiger partial charge in [0, 0.05) is 13.1 Å². The lowest BCUT2D eigenvalue weighted by molar-refractivity contribution is 0.0430. The Morgan fingerprint density at radius 1 is 1.38 bits per heavy atom. The van der Waals surface area contributed by atoms with Crippen molar-refractivity contribution in [3.63, 3.8) is 0 Å². The summed E-state index contributed by atoms with van der Waals surface area (Å²) in [5, 5.41) is 21.1. The first-order valence-electron chi connectivity index (χ1n) is 5.54. The van der Waals surface area contributed by atoms with E-state index in [1.165, 1.54) is 0 Å². The second-order valence-corrected chi connectivity index (χ2v) is 3.98. The van der Waals surface area contributed by atoms with Gasteiger partial charge in [-0.3, -0.25) is 0 Å². The van der Waals surface area contributed by atoms with Crippen LogP contribution in [0.1, 0.15) is 13.3 Å². The maximum atomic E-state index is 11.8. The summed E-state index contributed by atoms with van der Waals surface area (Å²) in [5.41, 5.74) is -0.921. The van der Waals surface area contributed by atoms with E-state index in [0.717, 1.165) is 0 Å². The molecule has 0 spiro atoms. The van der Waals surface area contributed by atoms with E-state index in [4.69, 9.17) is 4.74 Å². The van der Waals surface area contributed by atoms with Crippen molar-refractivity contribution in [2.24, 2.45) is 0 Å². The molecule has 0 atom stereocenters. The first-order chi connectivity index (χ1) is 7.67. The zero-order valence-corrected chi connectivity index (χ0v) is 9.61. The summed E-state index contributed by atoms with van der Waals surface area (Å²) < 4.78 is 5.14. The van der Waals surface area contributed by atoms with Crippen molar-refractivity contribution >= 4 is 6.03 Å². The van der Waals surface area contributed by atoms with Crippen molar-refractivity contribution < 1.29 is 19.7 Å². The SMILES string of the molecule is CCC(CO)(CO)NC(=O)N1CCOCC1. The van der Waals surface area contributed by atoms with Gasteiger partial charge < -0.3 is 25.2 Å². The summed E-state index contributed by atoms with van der Waals surface area (Å²) in [6.07, 6.45) is 0.482. The third-order valence-electron chi connectivity index (χ3n) is 2.95. The molecule has 1 heterocycles. The summed E-state index contributed by atoms with van der Waals surface area (Å²) in [4.78, 5) is 13.5. The highest BCUT2D eigenvalue weighted by Gasteiger charge is 2.30. The van der Waals surface area contributed by atoms with Gasteiger partial charge in [-0.2, -0.15) is 0 Å². The van der Waals surface area contributed by atoms with Gasteiger partial charge in [0.25, 0.3) is 0 Å². The van der Waals surface area contributed by atoms with Crippen LogP contribution in [0.3, 0.4) is 0 Å². The Morgan fingerprint density at radius 2 is 1.94 bits per heavy atom. The van der Waals surface area contributed by atoms with Crippen molar-refractivity contribution in [1.29, 1.82) is 0 Å². The van der Waals surface area contributed by atoms with Gasteiger partial charge in [0.2, 0.25) is 0 Å². The zero-order valence-electron chi connectivity index (χ0n) is 9.61. The molecule has 16 heavy (non-hydrogen) atoms. The molecule has 6 heteroatoms. The molecule has 6 nitrogen and oxygen atoms in total. The van der Waals surface area contributed by atoms with E-state index in [1.54, 1.807) is 4.90 Å². The number of amides is 2. The third-order valence-corrected chi connectivity index (χ3v) is 2.95. The molecule has 0 aliphatic carbocycles. The van der Waals surface area contributed by atoms with Crippen LogP contribution in [0.25, 0.3) is 0 Å². The minimum Gasteiger partial charge on any atom is -0.394 e. The summed E-state index contributed by atoms with van der Waals surface area (Å²) in [7, 11) is 0. The predicted molar refractivity (Wildman–Crippen MR) is 58.1 cm³/mol. The van der Waals surface area contributed by atoms with Gasteiger partial charge >= 0.3 is 6.03 Å². The molecule has 0 bridgehead atoms. The van der Waals surface area contributed by atoms with Crippen molar-refractivity contribution in [2.75, 3.05) is 39.5 Å². The number of hydrogen-bond donors (Lipinski definition) is 3. The molecule has 3 N–H and O–H groups in total. The second kappa shape index (κ2) is 6.03. The maximum Gasteiger partial charge on any atom is 0.318 e. The predicted octanol–water partition coefficient (Wildman–Crippen LogP) is -0.838. The minimum atomic E-state index is -0.921. The number of carbonyl (C=O) groups excluding carboxylic acids is 1. The van der Waals surface area contributed by atoms with Gasteiger partial charge in [-0.15, -0.1) is 0 Å². The molecule has 0 aromatic rings. The van der Waals surface area contributed by atoms with E-state index in [9.17, 15) is 15.0 Å². The number of hydrogen-bond acceptors (Lipinski definition) is 4. The zero-order chi connectivity index (χ0) is 12.0. The van der Waals surface area contributed by atoms with E-state index >= 15 is 0 Å². The largest absolute Gasteiger partial charge is 0.394 e. The van der Waals surface area contributed by atoms with Gasteiger partial charge in [0.05, 0.1) is 32.0 Å². The summed E-state index contributed by atoms with van der Waals surface area (Å²) in [5.74, 6) is 0. The van der Waals surface area contributed by atoms with Crippen LogP contribution in [0.5, 0.6) is 0 Å². The molecule has 1 rings (SSSR count). The van der Waals surface area contributed by atoms with Gasteiger partial charge in [-0.05, 0) is 6.42 Å². The quantitative estimate of drug-likeness (QED) is 0.590. The van der Waals surface area contributed by atoms with Crippen LogP contribution in [-0.4, -0.2) is 66.2 Å². The number of rotatable bonds is 4. The first-order valence-corrected chi connectivity index (χ1v) is 5.54. The van der Waals surface area contributed by atoms with E-state index in [-0.39, 0.29) is 19.2 Å². The second-order valence-electron chi connectivity index (χ2n) is 3.98. The smallest absolute Gasteiger partial charge is 0.318 e. The van der Waals surface area contributed by atoms with Crippen molar-refractivity contribution in [3.05, 3.63) is 0 Å². The van der Waals surface area contributed by atoms with Gasteiger partial charge in [0.15, 0.2) is 0 Å². The molecule has 0 radical (unpaired) electrons. The number of aliphatic hydroxyl groups is 2. The number of nitrogens with zero attached hydrogens (tertiary/aromatic N) is 1. The molecular formula is C10H20N2O4. The lowest BCUT2D eigenvalue weighted by Crippen LogP contribution is -2.58. The lowest BCUT2D eigenvalue weighted by Gasteiger charge is -2.34. The molecule has 0 unspecified atom stereocenters. The van der Waals surface area contributed by atoms with Crippen molar-refractivity contribution in [2.45, 2.75) is 18.9 Å². The standard InChI is InChI=1S/C10H20N2O4/c1-2-10(7-13,8-14)11-9(15)12-3-5-16-6-4-12/h13-14H,2-8H2,1H3,(H,11,15). The highest BCUT2D eigenvalue weighted by Crippen LogP contribution is 2.09. The van der Waals surface area contributed by atoms with Crippen LogP contribution in [0.4, 0.5) is 4.79 Å². The molecule has 1 fully saturated rings. The van der Waals surface area contributed by atoms with Crippen LogP contribution >= 0.6 is 0 Å². The Morgan fingerprint density at radius 3 is 2.38 bits per heavy atom. The molecule has 2 amide bonds. The lowest BCUT2D eigenvalue weighted by atomic mass is 9.99. The van der Waals surface area contributed by atoms with Crippen LogP contribution < -0.4 is 5.32 Å². The number of ether oxygens (including phenoxy) is 1. The Kier molecular flexibility index (Phi) is 4.98. The van der Waals surface area contributed by atoms with Crippen LogP contribution in [-0.2, 0) is 4.74 Å². The van der Waals surface area contributed by atoms with Gasteiger partial charge in [-0.1, -0.05) is 6.92 Å². The molecule has 1 aliphatic rings. The molecule has 0 aromatic carbocycles. The average Bonchev–Trinajstić information content (AvgIpc) is 2.37. The fourth-order valence-corrected chi connectivity index (χ4v) is 1.51. The summed E-state index contributed by atoms with van der Waals surface area (Å²) >= 11 is 0. The van der Waals surface area contributed by atoms with Gasteiger partial charge in [0.1, 0.15) is 0 Å². The van der Waals surface area contributed by atoms with E-state index in [1.807, 2.05) is 6.92 Å². The average molecular weight is 232 g/mol. The number of aliphatic hydroxyl groups excluding tert-OH is 2. The van der Waals surface area contributed by atoms with Crippen LogP contribution in [0.15, 0.2) is 0 Å². The molecule has 94 valence electrons. The summed E-state index contributed by atoms with van der Waals surface area (Å²) in [6.45, 7) is 3.43. The van der Waals surface area contributed by atoms with Crippen LogP contribution in [0.2, 0.25) is 0 Å². The number of urea groups is 1. The van der Waals surface area contributed by atoms with E-state index in [0.29, 0.717) is 32.7 Å². The summed E-state index contributed by atoms with van der Waals surface area (Å²) in [6, 6.07) is -0.256. The van der Waals surface area contributed by atoms with E-state index in [2.05, 4.69) is 5.32 Å². The van der Waals surface area contributed by atoms with Crippen molar-refractivity contribution in [1.82, 2.24) is 10.2 Å². The van der Waals surface area contributed by atoms with Crippen LogP contribution in [0, 0.1) is 0 Å². The number of carbonyl (C=O) groups is 1. The minimum absolute atomic E-state index is 0.256. The fraction of sp³-hybridized carbons (Fsp3) is 0.900. The number of morpholine rings is 1. The molecular weight excluding hydrogens is 212 g/mol. The normalized spacial score (nSPS) is 17.3. The number of nitrogens with one attached hydrogen (secondary N) is 1. The third kappa shape index (κ3) is 3.07. The highest BCUT2D eigenvalue weighted by molar-refractivity contribution is 5.75. The first kappa shape index (κ1) is 13.2. The Bertz CT molecular complexity index is 217. The molecule has 1 saturated heterocycles. The van der Waals surface area contributed by atoms with Crippen molar-refractivity contribution in [3.8, 4) is 0 Å². The Labute approximate surface area is 95.2 Å². The Hall–Kier alpha value is -0.850. The fourth-order valence-electron chi connectivity index (χ4n) is 1.51. The molecule has 0 saturated carbocycles. The van der Waals surface area contributed by atoms with E-state index < -0.39 is 5.54 Å². The topological polar surface area (TPSA) is 82.0 Å². The molecule has 1 aliphatic heterocycles. The monoisotopic (exact) mass is 232 g/mol. The maximum absolute atomic E-state index is 11.8. The van der Waals surface area contributed by atoms with Gasteiger partial charge in [-0.25, -0.2) is 4.79 Å². The highest BCUT2D eigenvalue weighted by atomic mass is 16.5. The Balaban J connectivity index is 2.53.